The van der Waals surface area contributed by atoms with Gasteiger partial charge in [0, 0.05) is 0 Å². The van der Waals surface area contributed by atoms with Crippen molar-refractivity contribution in [1.82, 2.24) is 0 Å². The molecule has 0 aromatic heterocycles. The molecule has 0 unspecified atom stereocenters. The second-order valence-corrected chi connectivity index (χ2v) is 3.30. The molecule has 0 fully saturated rings. The van der Waals surface area contributed by atoms with E-state index >= 15 is 0 Å². The molecule has 0 amide bonds. The van der Waals surface area contributed by atoms with Gasteiger partial charge in [-0.1, -0.05) is 0 Å². The Hall–Kier alpha value is -2.58. The van der Waals surface area contributed by atoms with Gasteiger partial charge in [0.2, 0.25) is 17.2 Å². The van der Waals surface area contributed by atoms with Crippen LogP contribution < -0.4 is 9.47 Å². The molecule has 0 saturated carbocycles. The van der Waals surface area contributed by atoms with Gasteiger partial charge in [0.25, 0.3) is 0 Å². The smallest absolute Gasteiger partial charge is 0.322 e. The highest BCUT2D eigenvalue weighted by atomic mass is 16.6. The summed E-state index contributed by atoms with van der Waals surface area (Å²) in [4.78, 5) is 19.9. The van der Waals surface area contributed by atoms with Crippen molar-refractivity contribution < 1.29 is 24.4 Å². The van der Waals surface area contributed by atoms with E-state index in [1.807, 2.05) is 0 Å². The molecule has 0 aliphatic carbocycles. The van der Waals surface area contributed by atoms with Crippen molar-refractivity contribution in [2.24, 2.45) is 0 Å². The Bertz CT molecular complexity index is 515. The number of hydrogen-bond acceptors (Lipinski definition) is 7. The number of phenols is 1. The predicted octanol–water partition coefficient (Wildman–Crippen LogP) is 2.01. The number of nitro benzene ring substituents is 2. The predicted molar refractivity (Wildman–Crippen MR) is 63.8 cm³/mol. The topological polar surface area (TPSA) is 125 Å². The first-order chi connectivity index (χ1) is 8.93. The van der Waals surface area contributed by atoms with Crippen LogP contribution in [0.4, 0.5) is 11.4 Å². The number of nitro groups is 2. The van der Waals surface area contributed by atoms with Gasteiger partial charge in [0.05, 0.1) is 23.1 Å². The van der Waals surface area contributed by atoms with Gasteiger partial charge in [-0.2, -0.15) is 0 Å². The lowest BCUT2D eigenvalue weighted by atomic mass is 10.2. The molecule has 0 aliphatic rings. The van der Waals surface area contributed by atoms with Gasteiger partial charge in [-0.05, 0) is 13.8 Å². The summed E-state index contributed by atoms with van der Waals surface area (Å²) in [7, 11) is 0. The van der Waals surface area contributed by atoms with E-state index in [1.165, 1.54) is 0 Å². The van der Waals surface area contributed by atoms with Gasteiger partial charge >= 0.3 is 11.4 Å². The lowest BCUT2D eigenvalue weighted by Crippen LogP contribution is -2.04. The fourth-order valence-corrected chi connectivity index (χ4v) is 1.44. The van der Waals surface area contributed by atoms with Gasteiger partial charge in [-0.3, -0.25) is 20.2 Å². The van der Waals surface area contributed by atoms with Gasteiger partial charge in [-0.15, -0.1) is 0 Å². The average molecular weight is 272 g/mol. The minimum absolute atomic E-state index is 0.0615. The highest BCUT2D eigenvalue weighted by Gasteiger charge is 2.32. The maximum absolute atomic E-state index is 10.9. The maximum atomic E-state index is 10.9. The monoisotopic (exact) mass is 272 g/mol. The Morgan fingerprint density at radius 3 is 1.95 bits per heavy atom. The van der Waals surface area contributed by atoms with Crippen molar-refractivity contribution in [1.29, 1.82) is 0 Å². The summed E-state index contributed by atoms with van der Waals surface area (Å²) < 4.78 is 10.1. The largest absolute Gasteiger partial charge is 0.499 e. The van der Waals surface area contributed by atoms with E-state index in [0.717, 1.165) is 0 Å². The minimum atomic E-state index is -0.930. The number of phenolic OH excluding ortho intramolecular Hbond substituents is 1. The molecular weight excluding hydrogens is 260 g/mol. The highest BCUT2D eigenvalue weighted by Crippen LogP contribution is 2.49. The molecule has 0 bridgehead atoms. The molecule has 0 aliphatic heterocycles. The normalized spacial score (nSPS) is 10.0. The number of rotatable bonds is 6. The van der Waals surface area contributed by atoms with Crippen molar-refractivity contribution in [3.8, 4) is 17.2 Å². The quantitative estimate of drug-likeness (QED) is 0.620. The molecule has 0 atom stereocenters. The van der Waals surface area contributed by atoms with Crippen LogP contribution in [0, 0.1) is 20.2 Å². The third-order valence-electron chi connectivity index (χ3n) is 2.14. The van der Waals surface area contributed by atoms with E-state index in [9.17, 15) is 25.3 Å². The molecule has 1 N–H and O–H groups in total. The van der Waals surface area contributed by atoms with Gasteiger partial charge in [0.15, 0.2) is 0 Å². The number of benzene rings is 1. The minimum Gasteiger partial charge on any atom is -0.499 e. The average Bonchev–Trinajstić information content (AvgIpc) is 2.33. The van der Waals surface area contributed by atoms with Gasteiger partial charge < -0.3 is 14.6 Å². The van der Waals surface area contributed by atoms with Crippen LogP contribution in [0.15, 0.2) is 6.07 Å². The second kappa shape index (κ2) is 5.85. The summed E-state index contributed by atoms with van der Waals surface area (Å²) in [5.41, 5.74) is -1.44. The fourth-order valence-electron chi connectivity index (χ4n) is 1.44. The van der Waals surface area contributed by atoms with Gasteiger partial charge in [0.1, 0.15) is 6.07 Å². The second-order valence-electron chi connectivity index (χ2n) is 3.30. The van der Waals surface area contributed by atoms with E-state index in [1.54, 1.807) is 13.8 Å². The van der Waals surface area contributed by atoms with Crippen LogP contribution in [0.3, 0.4) is 0 Å². The third-order valence-corrected chi connectivity index (χ3v) is 2.14. The molecule has 0 spiro atoms. The summed E-state index contributed by atoms with van der Waals surface area (Å²) >= 11 is 0. The van der Waals surface area contributed by atoms with Gasteiger partial charge in [-0.25, -0.2) is 0 Å². The third kappa shape index (κ3) is 2.81. The summed E-state index contributed by atoms with van der Waals surface area (Å²) in [5.74, 6) is -1.51. The Morgan fingerprint density at radius 1 is 1.05 bits per heavy atom. The van der Waals surface area contributed by atoms with Crippen molar-refractivity contribution in [3.63, 3.8) is 0 Å². The zero-order valence-electron chi connectivity index (χ0n) is 10.3. The summed E-state index contributed by atoms with van der Waals surface area (Å²) in [6, 6.07) is 0.642. The molecule has 1 aromatic carbocycles. The Balaban J connectivity index is 3.61. The standard InChI is InChI=1S/C10H12N2O7/c1-3-18-9-7(12(16)17)5-6(11(14)15)8(13)10(9)19-4-2/h5,13H,3-4H2,1-2H3. The molecule has 9 nitrogen and oxygen atoms in total. The van der Waals surface area contributed by atoms with Crippen LogP contribution in [-0.4, -0.2) is 28.2 Å². The Kier molecular flexibility index (Phi) is 4.46. The van der Waals surface area contributed by atoms with Crippen LogP contribution in [0.2, 0.25) is 0 Å². The maximum Gasteiger partial charge on any atom is 0.322 e. The molecular formula is C10H12N2O7. The molecule has 1 aromatic rings. The van der Waals surface area contributed by atoms with Crippen LogP contribution in [0.5, 0.6) is 17.2 Å². The first-order valence-electron chi connectivity index (χ1n) is 5.38. The molecule has 1 rings (SSSR count). The lowest BCUT2D eigenvalue weighted by Gasteiger charge is -2.12. The Morgan fingerprint density at radius 2 is 1.53 bits per heavy atom. The van der Waals surface area contributed by atoms with Crippen molar-refractivity contribution >= 4 is 11.4 Å². The molecule has 9 heteroatoms. The zero-order chi connectivity index (χ0) is 14.6. The number of nitrogens with zero attached hydrogens (tertiary/aromatic N) is 2. The number of hydrogen-bond donors (Lipinski definition) is 1. The summed E-state index contributed by atoms with van der Waals surface area (Å²) in [6.45, 7) is 3.29. The molecule has 19 heavy (non-hydrogen) atoms. The number of ether oxygens (including phenoxy) is 2. The first-order valence-corrected chi connectivity index (χ1v) is 5.38. The molecule has 0 saturated heterocycles. The zero-order valence-corrected chi connectivity index (χ0v) is 10.3. The van der Waals surface area contributed by atoms with Crippen LogP contribution in [0.1, 0.15) is 13.8 Å². The highest BCUT2D eigenvalue weighted by molar-refractivity contribution is 5.70. The Labute approximate surface area is 107 Å². The first kappa shape index (κ1) is 14.5. The van der Waals surface area contributed by atoms with Crippen LogP contribution >= 0.6 is 0 Å². The fraction of sp³-hybridized carbons (Fsp3) is 0.400. The van der Waals surface area contributed by atoms with E-state index in [0.29, 0.717) is 6.07 Å². The van der Waals surface area contributed by atoms with Crippen molar-refractivity contribution in [2.45, 2.75) is 13.8 Å². The molecule has 0 heterocycles. The van der Waals surface area contributed by atoms with E-state index in [-0.39, 0.29) is 19.0 Å². The molecule has 104 valence electrons. The summed E-state index contributed by atoms with van der Waals surface area (Å²) in [5, 5.41) is 31.4. The number of aromatic hydroxyl groups is 1. The van der Waals surface area contributed by atoms with E-state index in [4.69, 9.17) is 9.47 Å². The van der Waals surface area contributed by atoms with Crippen LogP contribution in [0.25, 0.3) is 0 Å². The molecule has 0 radical (unpaired) electrons. The lowest BCUT2D eigenvalue weighted by molar-refractivity contribution is -0.395. The van der Waals surface area contributed by atoms with E-state index < -0.39 is 32.7 Å². The van der Waals surface area contributed by atoms with Crippen molar-refractivity contribution in [2.75, 3.05) is 13.2 Å². The summed E-state index contributed by atoms with van der Waals surface area (Å²) in [6.07, 6.45) is 0. The van der Waals surface area contributed by atoms with Crippen LogP contribution in [-0.2, 0) is 0 Å². The van der Waals surface area contributed by atoms with E-state index in [2.05, 4.69) is 0 Å². The van der Waals surface area contributed by atoms with Crippen molar-refractivity contribution in [3.05, 3.63) is 26.3 Å². The SMILES string of the molecule is CCOc1c([N+](=O)[O-])cc([N+](=O)[O-])c(O)c1OCC.